The van der Waals surface area contributed by atoms with Crippen molar-refractivity contribution in [3.63, 3.8) is 0 Å². The van der Waals surface area contributed by atoms with Crippen LogP contribution in [-0.4, -0.2) is 56.2 Å². The molecule has 8 nitrogen and oxygen atoms in total. The van der Waals surface area contributed by atoms with Crippen molar-refractivity contribution < 1.29 is 14.3 Å². The number of carbonyl (C=O) groups is 2. The van der Waals surface area contributed by atoms with Gasteiger partial charge < -0.3 is 15.0 Å². The monoisotopic (exact) mass is 403 g/mol. The van der Waals surface area contributed by atoms with E-state index in [1.807, 2.05) is 30.5 Å². The number of nitrogens with one attached hydrogen (secondary N) is 1. The molecule has 2 aliphatic rings. The fourth-order valence-electron chi connectivity index (χ4n) is 3.99. The molecule has 2 amide bonds. The lowest BCUT2D eigenvalue weighted by atomic mass is 9.83. The second kappa shape index (κ2) is 7.29. The van der Waals surface area contributed by atoms with Gasteiger partial charge in [0.25, 0.3) is 11.8 Å². The van der Waals surface area contributed by atoms with Crippen LogP contribution in [0.15, 0.2) is 10.9 Å². The van der Waals surface area contributed by atoms with Gasteiger partial charge in [0.1, 0.15) is 5.69 Å². The second-order valence-corrected chi connectivity index (χ2v) is 8.56. The molecule has 4 rings (SSSR count). The summed E-state index contributed by atoms with van der Waals surface area (Å²) in [6.07, 6.45) is 2.24. The van der Waals surface area contributed by atoms with Crippen LogP contribution in [0.1, 0.15) is 58.9 Å². The average Bonchev–Trinajstić information content (AvgIpc) is 3.30. The number of ether oxygens (including phenoxy) is 1. The van der Waals surface area contributed by atoms with Gasteiger partial charge in [0.05, 0.1) is 17.7 Å². The largest absolute Gasteiger partial charge is 0.370 e. The maximum atomic E-state index is 12.5. The first-order chi connectivity index (χ1) is 13.4. The van der Waals surface area contributed by atoms with Crippen molar-refractivity contribution >= 4 is 23.2 Å². The number of aryl methyl sites for hydroxylation is 1. The number of rotatable bonds is 3. The van der Waals surface area contributed by atoms with E-state index in [1.165, 1.54) is 11.3 Å². The van der Waals surface area contributed by atoms with Gasteiger partial charge in [-0.25, -0.2) is 4.98 Å². The summed E-state index contributed by atoms with van der Waals surface area (Å²) < 4.78 is 8.08. The van der Waals surface area contributed by atoms with E-state index >= 15 is 0 Å². The van der Waals surface area contributed by atoms with Crippen molar-refractivity contribution in [2.75, 3.05) is 13.1 Å². The smallest absolute Gasteiger partial charge is 0.273 e. The molecular weight excluding hydrogens is 378 g/mol. The molecule has 0 radical (unpaired) electrons. The standard InChI is InChI=1S/C19H25N5O3S/c1-12(2)21-17(25)16-13-9-27-19(8-15(13)23(3)22-16)4-6-24(7-5-19)18(26)14-10-28-11-20-14/h10-12H,4-9H2,1-3H3,(H,21,25). The van der Waals surface area contributed by atoms with Crippen LogP contribution in [0.5, 0.6) is 0 Å². The van der Waals surface area contributed by atoms with Gasteiger partial charge in [-0.2, -0.15) is 5.10 Å². The van der Waals surface area contributed by atoms with Crippen LogP contribution < -0.4 is 5.32 Å². The Kier molecular flexibility index (Phi) is 4.96. The molecule has 4 heterocycles. The molecule has 150 valence electrons. The molecule has 0 aliphatic carbocycles. The third kappa shape index (κ3) is 3.44. The quantitative estimate of drug-likeness (QED) is 0.844. The van der Waals surface area contributed by atoms with Crippen LogP contribution in [0.25, 0.3) is 0 Å². The Hall–Kier alpha value is -2.26. The molecule has 2 aliphatic heterocycles. The van der Waals surface area contributed by atoms with Crippen LogP contribution in [0, 0.1) is 0 Å². The van der Waals surface area contributed by atoms with Crippen LogP contribution in [-0.2, 0) is 24.8 Å². The van der Waals surface area contributed by atoms with E-state index in [4.69, 9.17) is 4.74 Å². The molecule has 0 bridgehead atoms. The zero-order valence-electron chi connectivity index (χ0n) is 16.4. The SMILES string of the molecule is CC(C)NC(=O)c1nn(C)c2c1COC1(CCN(C(=O)c3cscn3)CC1)C2. The summed E-state index contributed by atoms with van der Waals surface area (Å²) in [7, 11) is 1.88. The first kappa shape index (κ1) is 19.1. The normalized spacial score (nSPS) is 18.4. The van der Waals surface area contributed by atoms with E-state index in [9.17, 15) is 9.59 Å². The van der Waals surface area contributed by atoms with Crippen molar-refractivity contribution in [1.82, 2.24) is 25.0 Å². The average molecular weight is 404 g/mol. The van der Waals surface area contributed by atoms with Crippen molar-refractivity contribution in [2.45, 2.75) is 51.4 Å². The molecule has 1 spiro atoms. The first-order valence-electron chi connectivity index (χ1n) is 9.55. The summed E-state index contributed by atoms with van der Waals surface area (Å²) in [6, 6.07) is 0.0561. The van der Waals surface area contributed by atoms with Gasteiger partial charge >= 0.3 is 0 Å². The fourth-order valence-corrected chi connectivity index (χ4v) is 4.51. The highest BCUT2D eigenvalue weighted by atomic mass is 32.1. The van der Waals surface area contributed by atoms with Crippen LogP contribution in [0.4, 0.5) is 0 Å². The van der Waals surface area contributed by atoms with Gasteiger partial charge in [-0.15, -0.1) is 11.3 Å². The number of thiazole rings is 1. The third-order valence-electron chi connectivity index (χ3n) is 5.54. The maximum absolute atomic E-state index is 12.5. The Morgan fingerprint density at radius 3 is 2.71 bits per heavy atom. The number of amides is 2. The minimum Gasteiger partial charge on any atom is -0.370 e. The molecule has 28 heavy (non-hydrogen) atoms. The summed E-state index contributed by atoms with van der Waals surface area (Å²) >= 11 is 1.43. The molecule has 0 unspecified atom stereocenters. The summed E-state index contributed by atoms with van der Waals surface area (Å²) in [5.74, 6) is -0.171. The zero-order chi connectivity index (χ0) is 19.9. The minimum atomic E-state index is -0.300. The van der Waals surface area contributed by atoms with E-state index in [-0.39, 0.29) is 23.5 Å². The van der Waals surface area contributed by atoms with Crippen molar-refractivity contribution in [3.05, 3.63) is 33.5 Å². The Bertz CT molecular complexity index is 882. The topological polar surface area (TPSA) is 89.4 Å². The zero-order valence-corrected chi connectivity index (χ0v) is 17.2. The van der Waals surface area contributed by atoms with Gasteiger partial charge in [-0.05, 0) is 26.7 Å². The number of hydrogen-bond acceptors (Lipinski definition) is 6. The van der Waals surface area contributed by atoms with Crippen LogP contribution >= 0.6 is 11.3 Å². The Morgan fingerprint density at radius 2 is 2.07 bits per heavy atom. The molecule has 0 aromatic carbocycles. The lowest BCUT2D eigenvalue weighted by molar-refractivity contribution is -0.0990. The van der Waals surface area contributed by atoms with Gasteiger partial charge in [-0.1, -0.05) is 0 Å². The number of likely N-dealkylation sites (tertiary alicyclic amines) is 1. The van der Waals surface area contributed by atoms with Gasteiger partial charge in [0.15, 0.2) is 5.69 Å². The predicted octanol–water partition coefficient (Wildman–Crippen LogP) is 1.76. The first-order valence-corrected chi connectivity index (χ1v) is 10.5. The van der Waals surface area contributed by atoms with Crippen molar-refractivity contribution in [3.8, 4) is 0 Å². The number of piperidine rings is 1. The highest BCUT2D eigenvalue weighted by Gasteiger charge is 2.42. The highest BCUT2D eigenvalue weighted by molar-refractivity contribution is 7.07. The summed E-state index contributed by atoms with van der Waals surface area (Å²) in [4.78, 5) is 30.9. The predicted molar refractivity (Wildman–Crippen MR) is 104 cm³/mol. The number of carbonyl (C=O) groups excluding carboxylic acids is 2. The number of nitrogens with zero attached hydrogens (tertiary/aromatic N) is 4. The summed E-state index contributed by atoms with van der Waals surface area (Å²) in [5, 5.41) is 9.15. The van der Waals surface area contributed by atoms with Gasteiger partial charge in [0, 0.05) is 49.2 Å². The molecule has 0 atom stereocenters. The van der Waals surface area contributed by atoms with Crippen molar-refractivity contribution in [2.24, 2.45) is 7.05 Å². The molecule has 2 aromatic rings. The molecule has 1 saturated heterocycles. The Balaban J connectivity index is 1.47. The third-order valence-corrected chi connectivity index (χ3v) is 6.12. The Labute approximate surface area is 167 Å². The molecule has 2 aromatic heterocycles. The lowest BCUT2D eigenvalue weighted by Gasteiger charge is -2.43. The Morgan fingerprint density at radius 1 is 1.32 bits per heavy atom. The number of fused-ring (bicyclic) bond motifs is 1. The van der Waals surface area contributed by atoms with E-state index in [2.05, 4.69) is 15.4 Å². The number of hydrogen-bond donors (Lipinski definition) is 1. The van der Waals surface area contributed by atoms with E-state index < -0.39 is 0 Å². The maximum Gasteiger partial charge on any atom is 0.273 e. The van der Waals surface area contributed by atoms with Crippen molar-refractivity contribution in [1.29, 1.82) is 0 Å². The van der Waals surface area contributed by atoms with Gasteiger partial charge in [-0.3, -0.25) is 14.3 Å². The van der Waals surface area contributed by atoms with E-state index in [0.29, 0.717) is 37.5 Å². The second-order valence-electron chi connectivity index (χ2n) is 7.84. The highest BCUT2D eigenvalue weighted by Crippen LogP contribution is 2.37. The van der Waals surface area contributed by atoms with Gasteiger partial charge in [0.2, 0.25) is 0 Å². The molecule has 0 saturated carbocycles. The molecule has 1 fully saturated rings. The molecular formula is C19H25N5O3S. The number of aromatic nitrogens is 3. The van der Waals surface area contributed by atoms with Crippen LogP contribution in [0.2, 0.25) is 0 Å². The summed E-state index contributed by atoms with van der Waals surface area (Å²) in [6.45, 7) is 5.53. The van der Waals surface area contributed by atoms with E-state index in [0.717, 1.165) is 24.1 Å². The molecule has 9 heteroatoms. The van der Waals surface area contributed by atoms with Crippen LogP contribution in [0.3, 0.4) is 0 Å². The fraction of sp³-hybridized carbons (Fsp3) is 0.579. The summed E-state index contributed by atoms with van der Waals surface area (Å²) in [5.41, 5.74) is 4.29. The lowest BCUT2D eigenvalue weighted by Crippen LogP contribution is -2.50. The van der Waals surface area contributed by atoms with E-state index in [1.54, 1.807) is 10.9 Å². The minimum absolute atomic E-state index is 0.0132. The molecule has 1 N–H and O–H groups in total.